The third-order valence-corrected chi connectivity index (χ3v) is 4.34. The molecular weight excluding hydrogens is 304 g/mol. The Morgan fingerprint density at radius 1 is 1.38 bits per heavy atom. The van der Waals surface area contributed by atoms with E-state index in [-0.39, 0.29) is 12.1 Å². The number of rotatable bonds is 4. The molecule has 1 heterocycles. The fraction of sp³-hybridized carbons (Fsp3) is 0.632. The molecule has 5 nitrogen and oxygen atoms in total. The summed E-state index contributed by atoms with van der Waals surface area (Å²) in [7, 11) is 3.65. The number of nitrogens with one attached hydrogen (secondary N) is 1. The molecule has 1 amide bonds. The van der Waals surface area contributed by atoms with Crippen LogP contribution in [0.15, 0.2) is 24.3 Å². The minimum Gasteiger partial charge on any atom is -0.497 e. The maximum absolute atomic E-state index is 12.4. The molecule has 1 N–H and O–H groups in total. The number of likely N-dealkylation sites (tertiary alicyclic amines) is 1. The number of nitrogens with zero attached hydrogens (tertiary/aromatic N) is 1. The third kappa shape index (κ3) is 4.87. The maximum Gasteiger partial charge on any atom is 0.410 e. The highest BCUT2D eigenvalue weighted by atomic mass is 16.6. The van der Waals surface area contributed by atoms with Crippen molar-refractivity contribution in [1.82, 2.24) is 10.2 Å². The van der Waals surface area contributed by atoms with Gasteiger partial charge in [-0.2, -0.15) is 0 Å². The Hall–Kier alpha value is -1.75. The average Bonchev–Trinajstić information content (AvgIpc) is 2.54. The SMILES string of the molecule is CNC(c1cccc(OC)c1)C1CCCN(C(=O)OC(C)(C)C)C1. The van der Waals surface area contributed by atoms with Crippen molar-refractivity contribution in [2.75, 3.05) is 27.2 Å². The summed E-state index contributed by atoms with van der Waals surface area (Å²) in [5, 5.41) is 3.41. The summed E-state index contributed by atoms with van der Waals surface area (Å²) in [6.45, 7) is 7.18. The van der Waals surface area contributed by atoms with Crippen molar-refractivity contribution < 1.29 is 14.3 Å². The van der Waals surface area contributed by atoms with Crippen LogP contribution in [0, 0.1) is 5.92 Å². The van der Waals surface area contributed by atoms with Gasteiger partial charge in [-0.15, -0.1) is 0 Å². The molecule has 0 aliphatic carbocycles. The largest absolute Gasteiger partial charge is 0.497 e. The molecule has 0 radical (unpaired) electrons. The molecule has 1 aromatic carbocycles. The molecule has 0 saturated carbocycles. The molecule has 2 atom stereocenters. The predicted octanol–water partition coefficient (Wildman–Crippen LogP) is 3.60. The summed E-state index contributed by atoms with van der Waals surface area (Å²) in [5.74, 6) is 1.20. The van der Waals surface area contributed by atoms with Gasteiger partial charge in [0.1, 0.15) is 11.4 Å². The van der Waals surface area contributed by atoms with Crippen LogP contribution in [0.4, 0.5) is 4.79 Å². The molecule has 0 aromatic heterocycles. The van der Waals surface area contributed by atoms with Gasteiger partial charge in [-0.25, -0.2) is 4.79 Å². The Balaban J connectivity index is 2.10. The van der Waals surface area contributed by atoms with Crippen LogP contribution in [-0.2, 0) is 4.74 Å². The van der Waals surface area contributed by atoms with Gasteiger partial charge in [0, 0.05) is 19.1 Å². The van der Waals surface area contributed by atoms with Gasteiger partial charge >= 0.3 is 6.09 Å². The van der Waals surface area contributed by atoms with Crippen molar-refractivity contribution in [3.05, 3.63) is 29.8 Å². The number of hydrogen-bond acceptors (Lipinski definition) is 4. The van der Waals surface area contributed by atoms with Crippen LogP contribution >= 0.6 is 0 Å². The Bertz CT molecular complexity index is 554. The molecule has 1 aliphatic rings. The van der Waals surface area contributed by atoms with E-state index in [1.807, 2.05) is 44.9 Å². The first-order valence-electron chi connectivity index (χ1n) is 8.63. The van der Waals surface area contributed by atoms with Gasteiger partial charge < -0.3 is 19.7 Å². The number of carbonyl (C=O) groups excluding carboxylic acids is 1. The standard InChI is InChI=1S/C19H30N2O3/c1-19(2,3)24-18(22)21-11-7-9-15(13-21)17(20-4)14-8-6-10-16(12-14)23-5/h6,8,10,12,15,17,20H,7,9,11,13H2,1-5H3. The van der Waals surface area contributed by atoms with E-state index >= 15 is 0 Å². The van der Waals surface area contributed by atoms with E-state index in [1.54, 1.807) is 7.11 Å². The van der Waals surface area contributed by atoms with E-state index in [9.17, 15) is 4.79 Å². The van der Waals surface area contributed by atoms with Gasteiger partial charge in [-0.1, -0.05) is 12.1 Å². The number of methoxy groups -OCH3 is 1. The zero-order chi connectivity index (χ0) is 17.7. The minimum absolute atomic E-state index is 0.185. The minimum atomic E-state index is -0.459. The van der Waals surface area contributed by atoms with Gasteiger partial charge in [0.2, 0.25) is 0 Å². The molecule has 0 bridgehead atoms. The topological polar surface area (TPSA) is 50.8 Å². The monoisotopic (exact) mass is 334 g/mol. The van der Waals surface area contributed by atoms with Crippen molar-refractivity contribution in [1.29, 1.82) is 0 Å². The second-order valence-electron chi connectivity index (χ2n) is 7.37. The van der Waals surface area contributed by atoms with Gasteiger partial charge in [0.05, 0.1) is 7.11 Å². The number of ether oxygens (including phenoxy) is 2. The summed E-state index contributed by atoms with van der Waals surface area (Å²) in [5.41, 5.74) is 0.729. The van der Waals surface area contributed by atoms with E-state index in [4.69, 9.17) is 9.47 Å². The van der Waals surface area contributed by atoms with Gasteiger partial charge in [0.15, 0.2) is 0 Å². The summed E-state index contributed by atoms with van der Waals surface area (Å²) in [6.07, 6.45) is 1.86. The fourth-order valence-electron chi connectivity index (χ4n) is 3.28. The average molecular weight is 334 g/mol. The second kappa shape index (κ2) is 7.88. The van der Waals surface area contributed by atoms with Gasteiger partial charge in [-0.05, 0) is 64.3 Å². The van der Waals surface area contributed by atoms with Crippen LogP contribution in [0.5, 0.6) is 5.75 Å². The smallest absolute Gasteiger partial charge is 0.410 e. The summed E-state index contributed by atoms with van der Waals surface area (Å²) in [6, 6.07) is 8.31. The fourth-order valence-corrected chi connectivity index (χ4v) is 3.28. The Kier molecular flexibility index (Phi) is 6.10. The molecule has 5 heteroatoms. The lowest BCUT2D eigenvalue weighted by Gasteiger charge is -2.37. The normalized spacial score (nSPS) is 19.7. The highest BCUT2D eigenvalue weighted by Gasteiger charge is 2.31. The lowest BCUT2D eigenvalue weighted by Crippen LogP contribution is -2.45. The maximum atomic E-state index is 12.4. The number of piperidine rings is 1. The summed E-state index contributed by atoms with van der Waals surface area (Å²) >= 11 is 0. The van der Waals surface area contributed by atoms with E-state index in [2.05, 4.69) is 17.4 Å². The molecule has 2 rings (SSSR count). The zero-order valence-electron chi connectivity index (χ0n) is 15.5. The molecule has 1 aliphatic heterocycles. The third-order valence-electron chi connectivity index (χ3n) is 4.34. The van der Waals surface area contributed by atoms with E-state index < -0.39 is 5.60 Å². The zero-order valence-corrected chi connectivity index (χ0v) is 15.5. The molecule has 1 aromatic rings. The van der Waals surface area contributed by atoms with Gasteiger partial charge in [-0.3, -0.25) is 0 Å². The van der Waals surface area contributed by atoms with Crippen molar-refractivity contribution in [2.24, 2.45) is 5.92 Å². The van der Waals surface area contributed by atoms with Crippen molar-refractivity contribution in [3.63, 3.8) is 0 Å². The van der Waals surface area contributed by atoms with Gasteiger partial charge in [0.25, 0.3) is 0 Å². The highest BCUT2D eigenvalue weighted by molar-refractivity contribution is 5.68. The highest BCUT2D eigenvalue weighted by Crippen LogP contribution is 2.31. The van der Waals surface area contributed by atoms with Crippen LogP contribution in [0.2, 0.25) is 0 Å². The first kappa shape index (κ1) is 18.6. The second-order valence-corrected chi connectivity index (χ2v) is 7.37. The number of hydrogen-bond donors (Lipinski definition) is 1. The predicted molar refractivity (Wildman–Crippen MR) is 95.3 cm³/mol. The summed E-state index contributed by atoms with van der Waals surface area (Å²) < 4.78 is 10.9. The molecule has 24 heavy (non-hydrogen) atoms. The number of amides is 1. The Morgan fingerprint density at radius 3 is 2.75 bits per heavy atom. The molecule has 0 spiro atoms. The molecule has 2 unspecified atom stereocenters. The van der Waals surface area contributed by atoms with Crippen LogP contribution in [0.25, 0.3) is 0 Å². The molecule has 134 valence electrons. The number of carbonyl (C=O) groups is 1. The first-order valence-corrected chi connectivity index (χ1v) is 8.63. The molecular formula is C19H30N2O3. The Labute approximate surface area is 145 Å². The van der Waals surface area contributed by atoms with Crippen LogP contribution in [0.1, 0.15) is 45.2 Å². The first-order chi connectivity index (χ1) is 11.3. The quantitative estimate of drug-likeness (QED) is 0.914. The van der Waals surface area contributed by atoms with E-state index in [0.717, 1.165) is 25.1 Å². The lowest BCUT2D eigenvalue weighted by molar-refractivity contribution is 0.0145. The van der Waals surface area contributed by atoms with Crippen LogP contribution in [-0.4, -0.2) is 43.8 Å². The number of benzene rings is 1. The van der Waals surface area contributed by atoms with Crippen LogP contribution in [0.3, 0.4) is 0 Å². The van der Waals surface area contributed by atoms with E-state index in [0.29, 0.717) is 12.5 Å². The lowest BCUT2D eigenvalue weighted by atomic mass is 9.86. The van der Waals surface area contributed by atoms with Crippen molar-refractivity contribution in [3.8, 4) is 5.75 Å². The Morgan fingerprint density at radius 2 is 2.12 bits per heavy atom. The summed E-state index contributed by atoms with van der Waals surface area (Å²) in [4.78, 5) is 14.2. The van der Waals surface area contributed by atoms with Crippen molar-refractivity contribution in [2.45, 2.75) is 45.3 Å². The van der Waals surface area contributed by atoms with Crippen molar-refractivity contribution >= 4 is 6.09 Å². The van der Waals surface area contributed by atoms with E-state index in [1.165, 1.54) is 5.56 Å². The molecule has 1 fully saturated rings. The molecule has 1 saturated heterocycles. The van der Waals surface area contributed by atoms with Crippen LogP contribution < -0.4 is 10.1 Å².